The van der Waals surface area contributed by atoms with Crippen molar-refractivity contribution >= 4 is 65.8 Å². The number of imide groups is 1. The van der Waals surface area contributed by atoms with Crippen LogP contribution in [0, 0.1) is 29.6 Å². The van der Waals surface area contributed by atoms with E-state index in [1.54, 1.807) is 12.1 Å². The fourth-order valence-electron chi connectivity index (χ4n) is 9.89. The number of benzene rings is 2. The lowest BCUT2D eigenvalue weighted by molar-refractivity contribution is -0.142. The summed E-state index contributed by atoms with van der Waals surface area (Å²) in [5.74, 6) is 2.08. The molecule has 1 saturated carbocycles. The molecule has 380 valence electrons. The van der Waals surface area contributed by atoms with E-state index in [2.05, 4.69) is 38.1 Å². The molecule has 0 radical (unpaired) electrons. The fraction of sp³-hybridized carbons (Fsp3) is 0.510. The summed E-state index contributed by atoms with van der Waals surface area (Å²) in [5.41, 5.74) is 2.11. The number of unbranched alkanes of at least 4 members (excludes halogenated alkanes) is 5. The summed E-state index contributed by atoms with van der Waals surface area (Å²) in [4.78, 5) is 129. The number of aromatic amines is 1. The Hall–Kier alpha value is -6.49. The number of hydrogen-bond donors (Lipinski definition) is 8. The van der Waals surface area contributed by atoms with Gasteiger partial charge in [-0.05, 0) is 85.8 Å². The average molecular weight is 1010 g/mol. The van der Waals surface area contributed by atoms with Crippen molar-refractivity contribution in [3.05, 3.63) is 70.4 Å². The Balaban J connectivity index is 0.910. The van der Waals surface area contributed by atoms with Gasteiger partial charge in [0.15, 0.2) is 0 Å². The molecular weight excluding hydrogens is 946 g/mol. The van der Waals surface area contributed by atoms with E-state index >= 15 is 0 Å². The second-order valence-electron chi connectivity index (χ2n) is 18.8. The Morgan fingerprint density at radius 2 is 1.75 bits per heavy atom. The second kappa shape index (κ2) is 21.9. The van der Waals surface area contributed by atoms with E-state index < -0.39 is 78.4 Å². The zero-order chi connectivity index (χ0) is 51.4. The van der Waals surface area contributed by atoms with Gasteiger partial charge in [0, 0.05) is 66.5 Å². The van der Waals surface area contributed by atoms with Crippen molar-refractivity contribution < 1.29 is 61.5 Å². The highest BCUT2D eigenvalue weighted by atomic mass is 31.2. The predicted octanol–water partition coefficient (Wildman–Crippen LogP) is 3.41. The SMILES string of the molecule is CCCC[C@H](NC(=O)c1cc2cc(C(F)(F)P(=O)(O)O)ccc2[nH]1)C(=O)N1CC2C(C)C2[C@@H]1C(=O)N[C@@H](CCC(N)=O)C(=O)NCCCCCCC#Cc1cccc2c1CN(C1CCC(=O)NC1=O)C2=O. The van der Waals surface area contributed by atoms with Crippen LogP contribution in [0.15, 0.2) is 42.5 Å². The molecule has 4 heterocycles. The summed E-state index contributed by atoms with van der Waals surface area (Å²) < 4.78 is 40.4. The van der Waals surface area contributed by atoms with Crippen LogP contribution in [-0.2, 0) is 45.5 Å². The maximum Gasteiger partial charge on any atom is 0.399 e. The van der Waals surface area contributed by atoms with Crippen LogP contribution in [0.25, 0.3) is 10.9 Å². The number of H-pyrrole nitrogens is 1. The summed E-state index contributed by atoms with van der Waals surface area (Å²) in [6.45, 7) is 4.61. The van der Waals surface area contributed by atoms with Crippen molar-refractivity contribution in [3.63, 3.8) is 0 Å². The highest BCUT2D eigenvalue weighted by molar-refractivity contribution is 7.52. The topological polar surface area (TPSA) is 290 Å². The summed E-state index contributed by atoms with van der Waals surface area (Å²) in [6, 6.07) is 5.48. The van der Waals surface area contributed by atoms with E-state index in [1.807, 2.05) is 19.9 Å². The lowest BCUT2D eigenvalue weighted by Gasteiger charge is -2.32. The molecule has 2 aromatic carbocycles. The number of piperidine rings is 2. The van der Waals surface area contributed by atoms with E-state index in [1.165, 1.54) is 15.9 Å². The smallest absolute Gasteiger partial charge is 0.370 e. The number of carbonyl (C=O) groups is 8. The lowest BCUT2D eigenvalue weighted by Crippen LogP contribution is -2.58. The summed E-state index contributed by atoms with van der Waals surface area (Å²) in [7, 11) is -5.85. The molecule has 3 fully saturated rings. The van der Waals surface area contributed by atoms with Gasteiger partial charge in [-0.3, -0.25) is 48.2 Å². The second-order valence-corrected chi connectivity index (χ2v) is 20.5. The molecule has 0 spiro atoms. The Labute approximate surface area is 408 Å². The summed E-state index contributed by atoms with van der Waals surface area (Å²) in [6.07, 6.45) is 5.08. The fourth-order valence-corrected chi connectivity index (χ4v) is 10.4. The van der Waals surface area contributed by atoms with Gasteiger partial charge in [0.2, 0.25) is 35.4 Å². The van der Waals surface area contributed by atoms with Crippen LogP contribution < -0.4 is 27.0 Å². The molecule has 4 aliphatic rings. The number of hydrogen-bond acceptors (Lipinski definition) is 9. The molecule has 22 heteroatoms. The Morgan fingerprint density at radius 3 is 2.46 bits per heavy atom. The number of likely N-dealkylation sites (tertiary alicyclic amines) is 1. The van der Waals surface area contributed by atoms with Crippen molar-refractivity contribution in [2.45, 2.75) is 127 Å². The van der Waals surface area contributed by atoms with Gasteiger partial charge in [-0.25, -0.2) is 0 Å². The van der Waals surface area contributed by atoms with Crippen molar-refractivity contribution in [1.82, 2.24) is 36.1 Å². The van der Waals surface area contributed by atoms with Crippen LogP contribution in [0.5, 0.6) is 0 Å². The minimum atomic E-state index is -5.85. The van der Waals surface area contributed by atoms with Crippen molar-refractivity contribution in [2.24, 2.45) is 23.5 Å². The molecule has 7 atom stereocenters. The third-order valence-corrected chi connectivity index (χ3v) is 15.0. The predicted molar refractivity (Wildman–Crippen MR) is 252 cm³/mol. The molecule has 1 aliphatic carbocycles. The van der Waals surface area contributed by atoms with Gasteiger partial charge < -0.3 is 46.3 Å². The monoisotopic (exact) mass is 1000 g/mol. The van der Waals surface area contributed by atoms with Crippen LogP contribution in [0.3, 0.4) is 0 Å². The largest absolute Gasteiger partial charge is 0.399 e. The normalized spacial score (nSPS) is 21.4. The maximum atomic E-state index is 14.5. The number of rotatable bonds is 21. The van der Waals surface area contributed by atoms with Gasteiger partial charge in [-0.1, -0.05) is 63.5 Å². The van der Waals surface area contributed by atoms with Gasteiger partial charge in [0.1, 0.15) is 29.9 Å². The number of carbonyl (C=O) groups excluding carboxylic acids is 8. The van der Waals surface area contributed by atoms with E-state index in [-0.39, 0.29) is 97.9 Å². The number of primary amides is 1. The number of nitrogens with one attached hydrogen (secondary N) is 5. The standard InChI is InChI=1S/C49H59F2N8O11P/c1-3-4-15-36(56-44(63)37-24-29-23-30(16-17-34(29)54-37)49(50,51)71(68,69)70)48(67)59-25-32-27(2)41(32)42(59)46(65)55-35(18-20-39(52)60)43(62)53-22-10-8-6-5-7-9-12-28-13-11-14-31-33(28)26-58(47(31)66)38-19-21-40(61)57-45(38)64/h11,13-14,16-17,23-24,27,32,35-36,38,41-42,54H,3-8,10,15,18-22,25-26H2,1-2H3,(H2,52,60)(H,53,62)(H,55,65)(H,56,63)(H,57,61,64)(H2,68,69,70)/t27?,32?,35-,36-,38?,41?,42+/m0/s1. The number of fused-ring (bicyclic) bond motifs is 3. The summed E-state index contributed by atoms with van der Waals surface area (Å²) >= 11 is 0. The molecular formula is C49H59F2N8O11P. The highest BCUT2D eigenvalue weighted by Gasteiger charge is 2.63. The molecule has 3 aromatic rings. The van der Waals surface area contributed by atoms with E-state index in [9.17, 15) is 61.5 Å². The zero-order valence-electron chi connectivity index (χ0n) is 39.4. The molecule has 9 N–H and O–H groups in total. The van der Waals surface area contributed by atoms with Crippen LogP contribution in [0.2, 0.25) is 0 Å². The van der Waals surface area contributed by atoms with Crippen molar-refractivity contribution in [2.75, 3.05) is 13.1 Å². The van der Waals surface area contributed by atoms with Gasteiger partial charge in [-0.2, -0.15) is 8.78 Å². The molecule has 71 heavy (non-hydrogen) atoms. The first-order chi connectivity index (χ1) is 33.7. The quantitative estimate of drug-likeness (QED) is 0.0331. The molecule has 4 unspecified atom stereocenters. The number of alkyl halides is 2. The minimum Gasteiger partial charge on any atom is -0.370 e. The molecule has 0 bridgehead atoms. The Bertz CT molecular complexity index is 2730. The number of aromatic nitrogens is 1. The van der Waals surface area contributed by atoms with Crippen LogP contribution >= 0.6 is 7.60 Å². The summed E-state index contributed by atoms with van der Waals surface area (Å²) in [5, 5.41) is 10.7. The Morgan fingerprint density at radius 1 is 0.986 bits per heavy atom. The number of nitrogens with two attached hydrogens (primary N) is 1. The Kier molecular flexibility index (Phi) is 16.1. The third-order valence-electron chi connectivity index (χ3n) is 14.0. The van der Waals surface area contributed by atoms with Gasteiger partial charge in [-0.15, -0.1) is 0 Å². The van der Waals surface area contributed by atoms with Crippen LogP contribution in [0.1, 0.15) is 128 Å². The maximum absolute atomic E-state index is 14.5. The van der Waals surface area contributed by atoms with E-state index in [4.69, 9.17) is 5.73 Å². The molecule has 2 saturated heterocycles. The number of halogens is 2. The van der Waals surface area contributed by atoms with Gasteiger partial charge in [0.25, 0.3) is 11.8 Å². The highest BCUT2D eigenvalue weighted by Crippen LogP contribution is 2.59. The minimum absolute atomic E-state index is 0.00201. The molecule has 7 rings (SSSR count). The van der Waals surface area contributed by atoms with Crippen molar-refractivity contribution in [1.29, 1.82) is 0 Å². The van der Waals surface area contributed by atoms with Crippen molar-refractivity contribution in [3.8, 4) is 11.8 Å². The number of amides is 8. The van der Waals surface area contributed by atoms with Crippen LogP contribution in [-0.4, -0.2) is 109 Å². The van der Waals surface area contributed by atoms with Gasteiger partial charge >= 0.3 is 13.3 Å². The first kappa shape index (κ1) is 52.3. The molecule has 1 aromatic heterocycles. The lowest BCUT2D eigenvalue weighted by atomic mass is 10.0. The zero-order valence-corrected chi connectivity index (χ0v) is 40.3. The van der Waals surface area contributed by atoms with Gasteiger partial charge in [0.05, 0.1) is 0 Å². The first-order valence-electron chi connectivity index (χ1n) is 24.0. The van der Waals surface area contributed by atoms with E-state index in [0.29, 0.717) is 36.8 Å². The van der Waals surface area contributed by atoms with Crippen LogP contribution in [0.4, 0.5) is 8.78 Å². The molecule has 19 nitrogen and oxygen atoms in total. The first-order valence-corrected chi connectivity index (χ1v) is 25.6. The molecule has 3 aliphatic heterocycles. The third kappa shape index (κ3) is 11.7. The average Bonchev–Trinajstić information content (AvgIpc) is 3.68. The number of nitrogens with zero attached hydrogens (tertiary/aromatic N) is 2. The molecule has 8 amide bonds. The van der Waals surface area contributed by atoms with E-state index in [0.717, 1.165) is 43.0 Å².